The number of hydrogen-bond donors (Lipinski definition) is 10. The Hall–Kier alpha value is -3.91. The molecule has 19 heteroatoms. The molecule has 0 radical (unpaired) electrons. The van der Waals surface area contributed by atoms with Crippen molar-refractivity contribution in [3.63, 3.8) is 0 Å². The molecule has 0 aliphatic rings. The zero-order valence-electron chi connectivity index (χ0n) is 26.5. The van der Waals surface area contributed by atoms with Crippen LogP contribution in [0.3, 0.4) is 0 Å². The van der Waals surface area contributed by atoms with Crippen molar-refractivity contribution in [3.05, 3.63) is 0 Å². The molecule has 254 valence electrons. The molecule has 0 fully saturated rings. The lowest BCUT2D eigenvalue weighted by Gasteiger charge is -2.01. The van der Waals surface area contributed by atoms with E-state index in [1.54, 1.807) is 0 Å². The molecule has 0 saturated carbocycles. The lowest BCUT2D eigenvalue weighted by Crippen LogP contribution is -2.31. The van der Waals surface area contributed by atoms with Crippen LogP contribution in [0.2, 0.25) is 0 Å². The molecule has 0 bridgehead atoms. The van der Waals surface area contributed by atoms with Crippen LogP contribution in [-0.4, -0.2) is 137 Å². The van der Waals surface area contributed by atoms with Gasteiger partial charge in [-0.1, -0.05) is 0 Å². The molecule has 2 amide bonds. The number of carbonyl (C=O) groups excluding carboxylic acids is 2. The first-order chi connectivity index (χ1) is 18.5. The van der Waals surface area contributed by atoms with Gasteiger partial charge in [0.2, 0.25) is 11.8 Å². The molecular formula is C23H55N7O12. The van der Waals surface area contributed by atoms with Crippen LogP contribution in [0.15, 0.2) is 0 Å². The number of rotatable bonds is 6. The number of nitrogens with two attached hydrogens (primary N) is 5. The van der Waals surface area contributed by atoms with Crippen molar-refractivity contribution in [1.29, 1.82) is 0 Å². The zero-order valence-corrected chi connectivity index (χ0v) is 26.5. The molecule has 0 aliphatic carbocycles. The lowest BCUT2D eigenvalue weighted by atomic mass is 10.2. The summed E-state index contributed by atoms with van der Waals surface area (Å²) in [6.07, 6.45) is 0.123. The largest absolute Gasteiger partial charge is 0.481 e. The fourth-order valence-electron chi connectivity index (χ4n) is 0.421. The van der Waals surface area contributed by atoms with Gasteiger partial charge in [0, 0.05) is 27.2 Å². The summed E-state index contributed by atoms with van der Waals surface area (Å²) in [6, 6.07) is -2.44. The molecular weight excluding hydrogens is 566 g/mol. The highest BCUT2D eigenvalue weighted by molar-refractivity contribution is 5.77. The first-order valence-corrected chi connectivity index (χ1v) is 11.6. The number of carboxylic acid groups (broad SMARTS) is 5. The van der Waals surface area contributed by atoms with E-state index in [0.29, 0.717) is 0 Å². The van der Waals surface area contributed by atoms with Crippen LogP contribution < -0.4 is 28.7 Å². The third kappa shape index (κ3) is 259. The number of primary amides is 2. The van der Waals surface area contributed by atoms with Crippen molar-refractivity contribution in [1.82, 2.24) is 9.80 Å². The summed E-state index contributed by atoms with van der Waals surface area (Å²) in [5.41, 5.74) is 24.0. The Balaban J connectivity index is -0.0000000540. The van der Waals surface area contributed by atoms with E-state index in [2.05, 4.69) is 5.73 Å². The van der Waals surface area contributed by atoms with Gasteiger partial charge in [-0.2, -0.15) is 0 Å². The third-order valence-electron chi connectivity index (χ3n) is 1.80. The summed E-state index contributed by atoms with van der Waals surface area (Å²) in [6.45, 7) is 6.31. The standard InChI is InChI=1S/C5H10N2O3.2C3H7NO2.2C3H9N.C2H5NO.2C2H4O2/c6-3(5(9)10)1-2-4(7)8;2*1-2(4)3(5)6;2*1-4(2)3;3*1-2(3)4/h3H,1-2,6H2,(H2,7,8)(H,9,10);2*2H,4H2,1H3,(H,5,6);2*1-3H3;1H3,(H2,3,4);2*1H3,(H,3,4). The van der Waals surface area contributed by atoms with Crippen molar-refractivity contribution in [2.75, 3.05) is 42.3 Å². The van der Waals surface area contributed by atoms with Crippen LogP contribution >= 0.6 is 0 Å². The van der Waals surface area contributed by atoms with E-state index in [1.165, 1.54) is 20.8 Å². The predicted molar refractivity (Wildman–Crippen MR) is 157 cm³/mol. The van der Waals surface area contributed by atoms with E-state index in [1.807, 2.05) is 52.1 Å². The minimum absolute atomic E-state index is 0.0213. The molecule has 3 unspecified atom stereocenters. The molecule has 0 aliphatic heterocycles. The Morgan fingerprint density at radius 3 is 0.786 bits per heavy atom. The SMILES string of the molecule is CC(=O)O.CC(=O)O.CC(N)=O.CC(N)C(=O)O.CC(N)C(=O)O.CN(C)C.CN(C)C.NC(=O)CCC(N)C(=O)O. The molecule has 3 atom stereocenters. The molecule has 0 rings (SSSR count). The van der Waals surface area contributed by atoms with Gasteiger partial charge >= 0.3 is 17.9 Å². The minimum Gasteiger partial charge on any atom is -0.481 e. The fraction of sp³-hybridized carbons (Fsp3) is 0.696. The van der Waals surface area contributed by atoms with Crippen LogP contribution in [0.25, 0.3) is 0 Å². The number of carbonyl (C=O) groups is 7. The average molecular weight is 622 g/mol. The normalized spacial score (nSPS) is 10.4. The van der Waals surface area contributed by atoms with E-state index in [4.69, 9.17) is 58.1 Å². The number of carboxylic acids is 5. The summed E-state index contributed by atoms with van der Waals surface area (Å²) in [7, 11) is 12.0. The van der Waals surface area contributed by atoms with E-state index in [-0.39, 0.29) is 18.7 Å². The zero-order chi connectivity index (χ0) is 36.3. The number of amides is 2. The van der Waals surface area contributed by atoms with Crippen molar-refractivity contribution in [2.45, 2.75) is 65.6 Å². The summed E-state index contributed by atoms with van der Waals surface area (Å²) >= 11 is 0. The summed E-state index contributed by atoms with van der Waals surface area (Å²) in [4.78, 5) is 70.5. The van der Waals surface area contributed by atoms with Crippen molar-refractivity contribution < 1.29 is 59.1 Å². The van der Waals surface area contributed by atoms with Gasteiger partial charge in [-0.3, -0.25) is 33.6 Å². The Morgan fingerprint density at radius 1 is 0.571 bits per heavy atom. The maximum absolute atomic E-state index is 10.1. The number of nitrogens with zero attached hydrogens (tertiary/aromatic N) is 2. The van der Waals surface area contributed by atoms with Gasteiger partial charge in [0.1, 0.15) is 18.1 Å². The molecule has 42 heavy (non-hydrogen) atoms. The molecule has 15 N–H and O–H groups in total. The Kier molecular flexibility index (Phi) is 57.3. The molecule has 0 aromatic heterocycles. The second-order valence-electron chi connectivity index (χ2n) is 8.54. The quantitative estimate of drug-likeness (QED) is 0.147. The second-order valence-corrected chi connectivity index (χ2v) is 8.54. The molecule has 0 heterocycles. The van der Waals surface area contributed by atoms with Gasteiger partial charge in [-0.25, -0.2) is 0 Å². The van der Waals surface area contributed by atoms with E-state index < -0.39 is 53.9 Å². The van der Waals surface area contributed by atoms with Gasteiger partial charge in [-0.15, -0.1) is 0 Å². The molecule has 19 nitrogen and oxygen atoms in total. The first kappa shape index (κ1) is 57.9. The van der Waals surface area contributed by atoms with Gasteiger partial charge in [0.25, 0.3) is 11.9 Å². The van der Waals surface area contributed by atoms with E-state index >= 15 is 0 Å². The summed E-state index contributed by atoms with van der Waals surface area (Å²) in [5, 5.41) is 38.8. The van der Waals surface area contributed by atoms with Crippen LogP contribution in [0.4, 0.5) is 0 Å². The molecule has 0 spiro atoms. The van der Waals surface area contributed by atoms with Crippen LogP contribution in [-0.2, 0) is 33.6 Å². The van der Waals surface area contributed by atoms with Crippen molar-refractivity contribution in [3.8, 4) is 0 Å². The Labute approximate surface area is 247 Å². The van der Waals surface area contributed by atoms with Crippen LogP contribution in [0.1, 0.15) is 47.5 Å². The fourth-order valence-corrected chi connectivity index (χ4v) is 0.421. The van der Waals surface area contributed by atoms with Gasteiger partial charge in [-0.05, 0) is 62.6 Å². The third-order valence-corrected chi connectivity index (χ3v) is 1.80. The second kappa shape index (κ2) is 41.6. The van der Waals surface area contributed by atoms with Gasteiger partial charge < -0.3 is 64.0 Å². The number of hydrogen-bond acceptors (Lipinski definition) is 12. The summed E-state index contributed by atoms with van der Waals surface area (Å²) < 4.78 is 0. The highest BCUT2D eigenvalue weighted by Gasteiger charge is 2.11. The van der Waals surface area contributed by atoms with Gasteiger partial charge in [0.15, 0.2) is 0 Å². The van der Waals surface area contributed by atoms with Crippen LogP contribution in [0.5, 0.6) is 0 Å². The van der Waals surface area contributed by atoms with Gasteiger partial charge in [0.05, 0.1) is 0 Å². The highest BCUT2D eigenvalue weighted by Crippen LogP contribution is 1.92. The predicted octanol–water partition coefficient (Wildman–Crippen LogP) is -2.47. The Bertz CT molecular complexity index is 648. The summed E-state index contributed by atoms with van der Waals surface area (Å²) in [5.74, 6) is -5.57. The lowest BCUT2D eigenvalue weighted by molar-refractivity contribution is -0.139. The first-order valence-electron chi connectivity index (χ1n) is 11.6. The monoisotopic (exact) mass is 621 g/mol. The van der Waals surface area contributed by atoms with Crippen molar-refractivity contribution in [2.24, 2.45) is 28.7 Å². The smallest absolute Gasteiger partial charge is 0.320 e. The van der Waals surface area contributed by atoms with Crippen LogP contribution in [0, 0.1) is 0 Å². The van der Waals surface area contributed by atoms with Crippen molar-refractivity contribution >= 4 is 41.7 Å². The minimum atomic E-state index is -1.11. The van der Waals surface area contributed by atoms with E-state index in [0.717, 1.165) is 13.8 Å². The Morgan fingerprint density at radius 2 is 0.714 bits per heavy atom. The average Bonchev–Trinajstić information content (AvgIpc) is 2.70. The topological polar surface area (TPSA) is 357 Å². The highest BCUT2D eigenvalue weighted by atomic mass is 16.4. The molecule has 0 aromatic carbocycles. The molecule has 0 aromatic rings. The van der Waals surface area contributed by atoms with E-state index in [9.17, 15) is 24.0 Å². The molecule has 0 saturated heterocycles. The maximum Gasteiger partial charge on any atom is 0.320 e. The number of aliphatic carboxylic acids is 5. The maximum atomic E-state index is 10.1.